The Labute approximate surface area is 134 Å². The predicted octanol–water partition coefficient (Wildman–Crippen LogP) is 0.812. The molecule has 126 valence electrons. The van der Waals surface area contributed by atoms with Gasteiger partial charge in [-0.2, -0.15) is 0 Å². The number of aliphatic hydroxyl groups excluding tert-OH is 1. The molecule has 0 bridgehead atoms. The van der Waals surface area contributed by atoms with Gasteiger partial charge in [-0.15, -0.1) is 0 Å². The molecular formula is C16H21NO6. The van der Waals surface area contributed by atoms with E-state index in [1.807, 2.05) is 0 Å². The third-order valence-corrected chi connectivity index (χ3v) is 4.03. The Hall–Kier alpha value is -2.41. The second kappa shape index (κ2) is 6.78. The van der Waals surface area contributed by atoms with E-state index < -0.39 is 53.0 Å². The van der Waals surface area contributed by atoms with Crippen LogP contribution in [0, 0.1) is 5.92 Å². The van der Waals surface area contributed by atoms with Crippen molar-refractivity contribution in [1.29, 1.82) is 0 Å². The molecule has 0 radical (unpaired) electrons. The number of carboxylic acids is 1. The molecule has 23 heavy (non-hydrogen) atoms. The number of Topliss-reactive ketones (excluding diaryl/α,β-unsaturated/α-hetero) is 1. The van der Waals surface area contributed by atoms with Crippen molar-refractivity contribution >= 4 is 17.7 Å². The van der Waals surface area contributed by atoms with E-state index in [1.54, 1.807) is 0 Å². The van der Waals surface area contributed by atoms with Crippen molar-refractivity contribution in [3.8, 4) is 0 Å². The number of carbonyl (C=O) groups excluding carboxylic acids is 2. The van der Waals surface area contributed by atoms with E-state index in [2.05, 4.69) is 6.58 Å². The summed E-state index contributed by atoms with van der Waals surface area (Å²) < 4.78 is 0. The number of carboxylic acid groups (broad SMARTS) is 1. The largest absolute Gasteiger partial charge is 0.507 e. The van der Waals surface area contributed by atoms with E-state index in [0.717, 1.165) is 11.0 Å². The summed E-state index contributed by atoms with van der Waals surface area (Å²) in [4.78, 5) is 37.0. The molecule has 0 unspecified atom stereocenters. The Kier molecular flexibility index (Phi) is 5.50. The van der Waals surface area contributed by atoms with Crippen LogP contribution in [0.4, 0.5) is 0 Å². The van der Waals surface area contributed by atoms with Gasteiger partial charge in [0.25, 0.3) is 5.91 Å². The first-order valence-corrected chi connectivity index (χ1v) is 7.07. The summed E-state index contributed by atoms with van der Waals surface area (Å²) in [6.07, 6.45) is 3.42. The molecule has 2 atom stereocenters. The zero-order chi connectivity index (χ0) is 17.9. The van der Waals surface area contributed by atoms with Crippen LogP contribution in [0.2, 0.25) is 0 Å². The van der Waals surface area contributed by atoms with Crippen LogP contribution in [0.15, 0.2) is 36.1 Å². The first kappa shape index (κ1) is 18.6. The lowest BCUT2D eigenvalue weighted by Crippen LogP contribution is -2.49. The molecule has 0 aromatic heterocycles. The number of rotatable bonds is 6. The van der Waals surface area contributed by atoms with Gasteiger partial charge in [-0.25, -0.2) is 4.79 Å². The smallest absolute Gasteiger partial charge is 0.336 e. The molecule has 0 aliphatic carbocycles. The van der Waals surface area contributed by atoms with Gasteiger partial charge in [-0.05, 0) is 12.0 Å². The fourth-order valence-electron chi connectivity index (χ4n) is 2.34. The van der Waals surface area contributed by atoms with Crippen LogP contribution < -0.4 is 0 Å². The number of allylic oxidation sites excluding steroid dienone is 3. The minimum absolute atomic E-state index is 0.424. The molecule has 7 heteroatoms. The maximum Gasteiger partial charge on any atom is 0.336 e. The monoisotopic (exact) mass is 323 g/mol. The van der Waals surface area contributed by atoms with Crippen LogP contribution in [-0.4, -0.2) is 56.6 Å². The summed E-state index contributed by atoms with van der Waals surface area (Å²) in [6, 6.07) is -1.15. The van der Waals surface area contributed by atoms with E-state index in [0.29, 0.717) is 0 Å². The SMILES string of the molecule is C=C/C=C/C(O)=C1\C(=O)[C@H](C[C@@](O)(C(=O)O)C(C)C)N(C)C1=O. The number of likely N-dealkylation sites (N-methyl/N-ethyl adjacent to an activating group) is 1. The highest BCUT2D eigenvalue weighted by molar-refractivity contribution is 6.27. The maximum atomic E-state index is 12.4. The molecule has 1 amide bonds. The molecule has 1 saturated heterocycles. The number of hydrogen-bond acceptors (Lipinski definition) is 5. The lowest BCUT2D eigenvalue weighted by Gasteiger charge is -2.31. The number of hydrogen-bond donors (Lipinski definition) is 3. The number of amides is 1. The molecule has 3 N–H and O–H groups in total. The minimum atomic E-state index is -2.16. The van der Waals surface area contributed by atoms with Gasteiger partial charge in [0.15, 0.2) is 11.4 Å². The lowest BCUT2D eigenvalue weighted by atomic mass is 9.83. The third-order valence-electron chi connectivity index (χ3n) is 4.03. The van der Waals surface area contributed by atoms with Crippen molar-refractivity contribution in [1.82, 2.24) is 4.90 Å². The fourth-order valence-corrected chi connectivity index (χ4v) is 2.34. The average molecular weight is 323 g/mol. The van der Waals surface area contributed by atoms with Gasteiger partial charge in [-0.1, -0.05) is 32.6 Å². The molecule has 1 rings (SSSR count). The highest BCUT2D eigenvalue weighted by atomic mass is 16.4. The lowest BCUT2D eigenvalue weighted by molar-refractivity contribution is -0.166. The van der Waals surface area contributed by atoms with Crippen molar-refractivity contribution in [2.24, 2.45) is 5.92 Å². The van der Waals surface area contributed by atoms with Crippen LogP contribution in [0.25, 0.3) is 0 Å². The van der Waals surface area contributed by atoms with Crippen LogP contribution in [0.5, 0.6) is 0 Å². The standard InChI is InChI=1S/C16H21NO6/c1-5-6-7-11(18)12-13(19)10(17(4)14(12)20)8-16(23,9(2)3)15(21)22/h5-7,9-10,18,23H,1,8H2,2-4H3,(H,21,22)/b7-6+,12-11-/t10-,16-/m0/s1. The van der Waals surface area contributed by atoms with Gasteiger partial charge in [0.2, 0.25) is 0 Å². The summed E-state index contributed by atoms with van der Waals surface area (Å²) in [5.41, 5.74) is -2.58. The van der Waals surface area contributed by atoms with Gasteiger partial charge >= 0.3 is 5.97 Å². The summed E-state index contributed by atoms with van der Waals surface area (Å²) in [5, 5.41) is 29.4. The van der Waals surface area contributed by atoms with Crippen molar-refractivity contribution in [2.45, 2.75) is 31.9 Å². The molecule has 1 heterocycles. The second-order valence-electron chi connectivity index (χ2n) is 5.74. The molecule has 0 saturated carbocycles. The molecular weight excluding hydrogens is 302 g/mol. The molecule has 1 aliphatic rings. The van der Waals surface area contributed by atoms with Gasteiger partial charge < -0.3 is 20.2 Å². The number of nitrogens with zero attached hydrogens (tertiary/aromatic N) is 1. The van der Waals surface area contributed by atoms with Gasteiger partial charge in [0.1, 0.15) is 11.3 Å². The maximum absolute atomic E-state index is 12.4. The molecule has 0 aromatic rings. The first-order chi connectivity index (χ1) is 10.6. The zero-order valence-electron chi connectivity index (χ0n) is 13.3. The molecule has 1 fully saturated rings. The Balaban J connectivity index is 3.24. The highest BCUT2D eigenvalue weighted by Crippen LogP contribution is 2.31. The molecule has 0 aromatic carbocycles. The summed E-state index contributed by atoms with van der Waals surface area (Å²) in [6.45, 7) is 6.44. The second-order valence-corrected chi connectivity index (χ2v) is 5.74. The summed E-state index contributed by atoms with van der Waals surface area (Å²) in [7, 11) is 1.32. The Morgan fingerprint density at radius 1 is 1.39 bits per heavy atom. The van der Waals surface area contributed by atoms with Crippen molar-refractivity contribution in [3.05, 3.63) is 36.1 Å². The molecule has 7 nitrogen and oxygen atoms in total. The van der Waals surface area contributed by atoms with E-state index in [1.165, 1.54) is 33.0 Å². The Morgan fingerprint density at radius 2 is 1.96 bits per heavy atom. The van der Waals surface area contributed by atoms with E-state index in [4.69, 9.17) is 0 Å². The van der Waals surface area contributed by atoms with Crippen LogP contribution in [-0.2, 0) is 14.4 Å². The number of ketones is 1. The first-order valence-electron chi connectivity index (χ1n) is 7.07. The van der Waals surface area contributed by atoms with Gasteiger partial charge in [0.05, 0.1) is 6.04 Å². The zero-order valence-corrected chi connectivity index (χ0v) is 13.3. The van der Waals surface area contributed by atoms with Gasteiger partial charge in [-0.3, -0.25) is 9.59 Å². The van der Waals surface area contributed by atoms with Crippen LogP contribution in [0.1, 0.15) is 20.3 Å². The van der Waals surface area contributed by atoms with Crippen molar-refractivity contribution < 1.29 is 29.7 Å². The predicted molar refractivity (Wildman–Crippen MR) is 82.6 cm³/mol. The summed E-state index contributed by atoms with van der Waals surface area (Å²) >= 11 is 0. The third kappa shape index (κ3) is 3.34. The Bertz CT molecular complexity index is 604. The minimum Gasteiger partial charge on any atom is -0.507 e. The normalized spacial score (nSPS) is 23.5. The number of likely N-dealkylation sites (tertiary alicyclic amines) is 1. The van der Waals surface area contributed by atoms with Crippen molar-refractivity contribution in [2.75, 3.05) is 7.05 Å². The van der Waals surface area contributed by atoms with Crippen LogP contribution in [0.3, 0.4) is 0 Å². The Morgan fingerprint density at radius 3 is 2.39 bits per heavy atom. The van der Waals surface area contributed by atoms with Gasteiger partial charge in [0, 0.05) is 13.5 Å². The van der Waals surface area contributed by atoms with Crippen LogP contribution >= 0.6 is 0 Å². The number of aliphatic carboxylic acids is 1. The summed E-state index contributed by atoms with van der Waals surface area (Å²) in [5.74, 6) is -4.09. The van der Waals surface area contributed by atoms with E-state index in [-0.39, 0.29) is 0 Å². The average Bonchev–Trinajstić information content (AvgIpc) is 2.68. The molecule has 1 aliphatic heterocycles. The van der Waals surface area contributed by atoms with E-state index >= 15 is 0 Å². The number of aliphatic hydroxyl groups is 2. The van der Waals surface area contributed by atoms with E-state index in [9.17, 15) is 29.7 Å². The van der Waals surface area contributed by atoms with Crippen molar-refractivity contribution in [3.63, 3.8) is 0 Å². The molecule has 0 spiro atoms. The number of carbonyl (C=O) groups is 3. The quantitative estimate of drug-likeness (QED) is 0.288. The fraction of sp³-hybridized carbons (Fsp3) is 0.438. The topological polar surface area (TPSA) is 115 Å². The highest BCUT2D eigenvalue weighted by Gasteiger charge is 2.50.